The van der Waals surface area contributed by atoms with Crippen LogP contribution in [0.4, 0.5) is 11.9 Å². The molecule has 0 aliphatic rings. The van der Waals surface area contributed by atoms with Gasteiger partial charge in [-0.05, 0) is 18.6 Å². The number of hydrogen-bond acceptors (Lipinski definition) is 9. The monoisotopic (exact) mass is 447 g/mol. The number of carbonyl (C=O) groups excluding carboxylic acids is 1. The van der Waals surface area contributed by atoms with E-state index in [-0.39, 0.29) is 40.7 Å². The number of carbonyl (C=O) groups is 1. The van der Waals surface area contributed by atoms with Crippen molar-refractivity contribution in [2.24, 2.45) is 12.2 Å². The van der Waals surface area contributed by atoms with E-state index in [4.69, 9.17) is 20.3 Å². The normalized spacial score (nSPS) is 11.8. The maximum Gasteiger partial charge on any atom is 0.262 e. The molecule has 31 heavy (non-hydrogen) atoms. The Balaban J connectivity index is 1.96. The first-order valence-corrected chi connectivity index (χ1v) is 10.4. The maximum atomic E-state index is 12.8. The molecule has 0 saturated heterocycles. The number of fused-ring (bicyclic) bond motifs is 1. The predicted octanol–water partition coefficient (Wildman–Crippen LogP) is -0.0421. The Morgan fingerprint density at radius 3 is 2.65 bits per heavy atom. The van der Waals surface area contributed by atoms with E-state index < -0.39 is 22.5 Å². The summed E-state index contributed by atoms with van der Waals surface area (Å²) in [5, 5.41) is 8.08. The molecule has 0 bridgehead atoms. The minimum atomic E-state index is -1.41. The Hall–Kier alpha value is -3.58. The number of anilines is 2. The van der Waals surface area contributed by atoms with Crippen molar-refractivity contribution in [1.82, 2.24) is 19.5 Å². The number of nitrogens with one attached hydrogen (secondary N) is 1. The summed E-state index contributed by atoms with van der Waals surface area (Å²) in [6, 6.07) is 3.15. The summed E-state index contributed by atoms with van der Waals surface area (Å²) in [4.78, 5) is 37.2. The molecular weight excluding hydrogens is 426 g/mol. The van der Waals surface area contributed by atoms with Crippen molar-refractivity contribution < 1.29 is 18.5 Å². The summed E-state index contributed by atoms with van der Waals surface area (Å²) in [6.07, 6.45) is 2.99. The van der Waals surface area contributed by atoms with Crippen LogP contribution in [-0.2, 0) is 18.0 Å². The molecule has 1 amide bonds. The fraction of sp³-hybridized carbons (Fsp3) is 0.278. The highest BCUT2D eigenvalue weighted by Crippen LogP contribution is 2.33. The lowest BCUT2D eigenvalue weighted by Gasteiger charge is -2.15. The summed E-state index contributed by atoms with van der Waals surface area (Å²) >= 11 is 0. The largest absolute Gasteiger partial charge is 0.491 e. The lowest BCUT2D eigenvalue weighted by Crippen LogP contribution is -2.25. The van der Waals surface area contributed by atoms with Gasteiger partial charge in [0.25, 0.3) is 11.5 Å². The van der Waals surface area contributed by atoms with Crippen molar-refractivity contribution in [3.05, 3.63) is 40.4 Å². The zero-order valence-corrected chi connectivity index (χ0v) is 17.6. The van der Waals surface area contributed by atoms with Gasteiger partial charge in [-0.1, -0.05) is 0 Å². The van der Waals surface area contributed by atoms with Crippen LogP contribution in [0.25, 0.3) is 10.9 Å². The number of benzene rings is 1. The van der Waals surface area contributed by atoms with Crippen LogP contribution < -0.4 is 31.2 Å². The molecule has 0 radical (unpaired) electrons. The minimum Gasteiger partial charge on any atom is -0.491 e. The molecule has 5 N–H and O–H groups in total. The Morgan fingerprint density at radius 1 is 1.29 bits per heavy atom. The van der Waals surface area contributed by atoms with E-state index in [0.29, 0.717) is 17.9 Å². The second-order valence-corrected chi connectivity index (χ2v) is 7.53. The van der Waals surface area contributed by atoms with Crippen LogP contribution >= 0.6 is 0 Å². The summed E-state index contributed by atoms with van der Waals surface area (Å²) in [6.45, 7) is 0.246. The molecule has 164 valence electrons. The molecular formula is C18H21N7O5S. The van der Waals surface area contributed by atoms with Crippen molar-refractivity contribution in [1.29, 1.82) is 0 Å². The second-order valence-electron chi connectivity index (χ2n) is 6.36. The number of nitrogens with zero attached hydrogens (tertiary/aromatic N) is 4. The third kappa shape index (κ3) is 4.95. The smallest absolute Gasteiger partial charge is 0.262 e. The number of methoxy groups -OCH3 is 1. The van der Waals surface area contributed by atoms with Gasteiger partial charge in [0.2, 0.25) is 11.9 Å². The Labute approximate surface area is 179 Å². The first-order valence-electron chi connectivity index (χ1n) is 9.04. The molecule has 1 aromatic carbocycles. The fourth-order valence-corrected chi connectivity index (χ4v) is 3.13. The van der Waals surface area contributed by atoms with E-state index in [1.165, 1.54) is 31.1 Å². The van der Waals surface area contributed by atoms with Crippen molar-refractivity contribution in [3.63, 3.8) is 0 Å². The van der Waals surface area contributed by atoms with Crippen LogP contribution in [0.2, 0.25) is 0 Å². The van der Waals surface area contributed by atoms with E-state index in [2.05, 4.69) is 20.3 Å². The molecule has 3 rings (SSSR count). The van der Waals surface area contributed by atoms with Gasteiger partial charge in [0.15, 0.2) is 11.5 Å². The van der Waals surface area contributed by atoms with Gasteiger partial charge in [-0.15, -0.1) is 0 Å². The van der Waals surface area contributed by atoms with Gasteiger partial charge in [-0.3, -0.25) is 24.6 Å². The predicted molar refractivity (Wildman–Crippen MR) is 115 cm³/mol. The highest BCUT2D eigenvalue weighted by atomic mass is 32.2. The molecule has 1 atom stereocenters. The van der Waals surface area contributed by atoms with Gasteiger partial charge in [-0.25, -0.2) is 19.2 Å². The molecule has 3 aromatic rings. The van der Waals surface area contributed by atoms with E-state index in [1.807, 2.05) is 0 Å². The Kier molecular flexibility index (Phi) is 6.77. The zero-order valence-electron chi connectivity index (χ0n) is 16.8. The lowest BCUT2D eigenvalue weighted by molar-refractivity contribution is 0.102. The van der Waals surface area contributed by atoms with Gasteiger partial charge >= 0.3 is 0 Å². The molecule has 0 aliphatic carbocycles. The summed E-state index contributed by atoms with van der Waals surface area (Å²) < 4.78 is 23.3. The number of hydrogen-bond donors (Lipinski definition) is 3. The van der Waals surface area contributed by atoms with Gasteiger partial charge in [-0.2, -0.15) is 0 Å². The van der Waals surface area contributed by atoms with Crippen molar-refractivity contribution >= 4 is 39.7 Å². The topological polar surface area (TPSA) is 177 Å². The maximum absolute atomic E-state index is 12.8. The molecule has 0 aliphatic heterocycles. The number of amides is 1. The fourth-order valence-electron chi connectivity index (χ4n) is 2.73. The first-order chi connectivity index (χ1) is 14.8. The number of ether oxygens (including phenoxy) is 2. The van der Waals surface area contributed by atoms with E-state index in [1.54, 1.807) is 12.1 Å². The summed E-state index contributed by atoms with van der Waals surface area (Å²) in [7, 11) is 1.49. The number of nitrogen functional groups attached to an aromatic ring is 1. The average Bonchev–Trinajstić information content (AvgIpc) is 2.74. The van der Waals surface area contributed by atoms with Crippen LogP contribution in [-0.4, -0.2) is 49.1 Å². The quantitative estimate of drug-likeness (QED) is 0.400. The van der Waals surface area contributed by atoms with E-state index >= 15 is 0 Å². The van der Waals surface area contributed by atoms with Crippen molar-refractivity contribution in [3.8, 4) is 11.5 Å². The standard InChI is InChI=1S/C18H21N7O5S/c1-25-16(27)11-4-5-12(30-6-3-7-31(20)28)14(29-2)13(11)23-18(25)24-15(26)10-8-21-17(19)22-9-10/h4-5,8-9H,3,6-7,20H2,1-2H3,(H2,19,21,22)(H,23,24,26). The molecule has 13 heteroatoms. The molecule has 2 aromatic heterocycles. The van der Waals surface area contributed by atoms with Gasteiger partial charge in [0.1, 0.15) is 5.52 Å². The summed E-state index contributed by atoms with van der Waals surface area (Å²) in [5.74, 6) is 0.330. The number of aromatic nitrogens is 4. The number of rotatable bonds is 8. The highest BCUT2D eigenvalue weighted by molar-refractivity contribution is 7.82. The van der Waals surface area contributed by atoms with Crippen LogP contribution in [0.1, 0.15) is 16.8 Å². The van der Waals surface area contributed by atoms with Crippen molar-refractivity contribution in [2.45, 2.75) is 6.42 Å². The molecule has 0 fully saturated rings. The van der Waals surface area contributed by atoms with Crippen LogP contribution in [0.15, 0.2) is 29.3 Å². The molecule has 2 heterocycles. The van der Waals surface area contributed by atoms with Crippen LogP contribution in [0.3, 0.4) is 0 Å². The minimum absolute atomic E-state index is 0.00620. The summed E-state index contributed by atoms with van der Waals surface area (Å²) in [5.41, 5.74) is 5.40. The second kappa shape index (κ2) is 9.49. The zero-order chi connectivity index (χ0) is 22.5. The van der Waals surface area contributed by atoms with Gasteiger partial charge < -0.3 is 15.2 Å². The number of nitrogens with two attached hydrogens (primary N) is 2. The van der Waals surface area contributed by atoms with Crippen LogP contribution in [0.5, 0.6) is 11.5 Å². The first kappa shape index (κ1) is 22.1. The molecule has 0 saturated carbocycles. The highest BCUT2D eigenvalue weighted by Gasteiger charge is 2.18. The third-order valence-electron chi connectivity index (χ3n) is 4.28. The third-order valence-corrected chi connectivity index (χ3v) is 4.97. The molecule has 12 nitrogen and oxygen atoms in total. The SMILES string of the molecule is COc1c(OCCCS(N)=O)ccc2c(=O)n(C)c(NC(=O)c3cnc(N)nc3)nc12. The van der Waals surface area contributed by atoms with Crippen LogP contribution in [0, 0.1) is 0 Å². The van der Waals surface area contributed by atoms with E-state index in [9.17, 15) is 13.8 Å². The Morgan fingerprint density at radius 2 is 2.00 bits per heavy atom. The molecule has 0 spiro atoms. The van der Waals surface area contributed by atoms with Crippen molar-refractivity contribution in [2.75, 3.05) is 30.5 Å². The Bertz CT molecular complexity index is 1200. The van der Waals surface area contributed by atoms with Gasteiger partial charge in [0.05, 0.1) is 35.7 Å². The van der Waals surface area contributed by atoms with Gasteiger partial charge in [0, 0.05) is 25.2 Å². The average molecular weight is 447 g/mol. The molecule has 1 unspecified atom stereocenters. The van der Waals surface area contributed by atoms with E-state index in [0.717, 1.165) is 0 Å². The lowest BCUT2D eigenvalue weighted by atomic mass is 10.2.